The van der Waals surface area contributed by atoms with Crippen molar-refractivity contribution in [2.45, 2.75) is 0 Å². The number of rotatable bonds is 0. The van der Waals surface area contributed by atoms with Crippen molar-refractivity contribution in [3.8, 4) is 0 Å². The molecule has 20 heavy (non-hydrogen) atoms. The van der Waals surface area contributed by atoms with Crippen LogP contribution in [-0.2, 0) is 0 Å². The fourth-order valence-corrected chi connectivity index (χ4v) is 0. The number of hydrogen-bond donors (Lipinski definition) is 12. The van der Waals surface area contributed by atoms with E-state index in [1.807, 2.05) is 0 Å². The maximum absolute atomic E-state index is 7.17. The SMILES string of the molecule is OB(O)O.OB(O)O.OB(O)O.OB(O)O.[NaH].[NaH].[NaH].[NaH]. The van der Waals surface area contributed by atoms with Crippen molar-refractivity contribution in [3.63, 3.8) is 0 Å². The van der Waals surface area contributed by atoms with Crippen LogP contribution in [0.2, 0.25) is 0 Å². The van der Waals surface area contributed by atoms with Gasteiger partial charge < -0.3 is 60.3 Å². The maximum atomic E-state index is 7.17. The Morgan fingerprint density at radius 1 is 0.250 bits per heavy atom. The first-order valence-electron chi connectivity index (χ1n) is 3.10. The van der Waals surface area contributed by atoms with Gasteiger partial charge in [0, 0.05) is 0 Å². The van der Waals surface area contributed by atoms with E-state index in [1.54, 1.807) is 0 Å². The van der Waals surface area contributed by atoms with E-state index < -0.39 is 29.3 Å². The van der Waals surface area contributed by atoms with Crippen LogP contribution in [0.5, 0.6) is 0 Å². The predicted octanol–water partition coefficient (Wildman–Crippen LogP) is -10.8. The third-order valence-corrected chi connectivity index (χ3v) is 0. The molecule has 0 saturated heterocycles. The molecule has 0 aliphatic carbocycles. The van der Waals surface area contributed by atoms with E-state index in [9.17, 15) is 0 Å². The molecule has 0 rings (SSSR count). The van der Waals surface area contributed by atoms with Crippen LogP contribution in [0, 0.1) is 0 Å². The van der Waals surface area contributed by atoms with E-state index in [0.29, 0.717) is 0 Å². The molecule has 0 aromatic heterocycles. The summed E-state index contributed by atoms with van der Waals surface area (Å²) in [5.41, 5.74) is 0. The zero-order valence-corrected chi connectivity index (χ0v) is 7.68. The van der Waals surface area contributed by atoms with Gasteiger partial charge in [-0.15, -0.1) is 0 Å². The van der Waals surface area contributed by atoms with Crippen LogP contribution in [0.4, 0.5) is 0 Å². The monoisotopic (exact) mass is 344 g/mol. The van der Waals surface area contributed by atoms with E-state index in [-0.39, 0.29) is 118 Å². The summed E-state index contributed by atoms with van der Waals surface area (Å²) in [5.74, 6) is 0. The van der Waals surface area contributed by atoms with E-state index in [0.717, 1.165) is 0 Å². The Kier molecular flexibility index (Phi) is 108. The molecule has 0 saturated carbocycles. The van der Waals surface area contributed by atoms with Crippen LogP contribution in [0.1, 0.15) is 0 Å². The fraction of sp³-hybridized carbons (Fsp3) is 0. The molecular formula is H16B4Na4O12. The van der Waals surface area contributed by atoms with Gasteiger partial charge in [0.2, 0.25) is 0 Å². The third-order valence-electron chi connectivity index (χ3n) is 0. The van der Waals surface area contributed by atoms with E-state index >= 15 is 0 Å². The first-order valence-corrected chi connectivity index (χ1v) is 3.10. The van der Waals surface area contributed by atoms with Crippen molar-refractivity contribution in [3.05, 3.63) is 0 Å². The summed E-state index contributed by atoms with van der Waals surface area (Å²) in [4.78, 5) is 0. The molecule has 0 atom stereocenters. The Morgan fingerprint density at radius 2 is 0.250 bits per heavy atom. The molecule has 0 aromatic carbocycles. The van der Waals surface area contributed by atoms with Gasteiger partial charge in [0.15, 0.2) is 0 Å². The van der Waals surface area contributed by atoms with E-state index in [4.69, 9.17) is 60.3 Å². The molecule has 0 spiro atoms. The van der Waals surface area contributed by atoms with E-state index in [1.165, 1.54) is 0 Å². The molecule has 0 fully saturated rings. The summed E-state index contributed by atoms with van der Waals surface area (Å²) in [6, 6.07) is 0. The Labute approximate surface area is 204 Å². The van der Waals surface area contributed by atoms with Crippen LogP contribution in [0.25, 0.3) is 0 Å². The number of hydrogen-bond acceptors (Lipinski definition) is 12. The molecule has 104 valence electrons. The Hall–Kier alpha value is 3.78. The van der Waals surface area contributed by atoms with Crippen LogP contribution < -0.4 is 0 Å². The molecule has 0 bridgehead atoms. The topological polar surface area (TPSA) is 243 Å². The average Bonchev–Trinajstić information content (AvgIpc) is 1.76. The van der Waals surface area contributed by atoms with Gasteiger partial charge in [-0.25, -0.2) is 0 Å². The summed E-state index contributed by atoms with van der Waals surface area (Å²) in [6.45, 7) is 0. The average molecular weight is 343 g/mol. The van der Waals surface area contributed by atoms with Crippen molar-refractivity contribution >= 4 is 148 Å². The zero-order chi connectivity index (χ0) is 14.3. The molecular weight excluding hydrogens is 327 g/mol. The summed E-state index contributed by atoms with van der Waals surface area (Å²) in [6.07, 6.45) is 0. The fourth-order valence-electron chi connectivity index (χ4n) is 0. The van der Waals surface area contributed by atoms with E-state index in [2.05, 4.69) is 0 Å². The minimum absolute atomic E-state index is 0. The van der Waals surface area contributed by atoms with Gasteiger partial charge in [-0.2, -0.15) is 0 Å². The second-order valence-corrected chi connectivity index (χ2v) is 1.39. The van der Waals surface area contributed by atoms with Gasteiger partial charge in [0.1, 0.15) is 0 Å². The van der Waals surface area contributed by atoms with Gasteiger partial charge in [-0.05, 0) is 0 Å². The van der Waals surface area contributed by atoms with Crippen molar-refractivity contribution in [2.24, 2.45) is 0 Å². The van der Waals surface area contributed by atoms with Gasteiger partial charge in [0.05, 0.1) is 0 Å². The quantitative estimate of drug-likeness (QED) is 0.183. The van der Waals surface area contributed by atoms with Gasteiger partial charge >= 0.3 is 148 Å². The van der Waals surface area contributed by atoms with Gasteiger partial charge in [0.25, 0.3) is 0 Å². The normalized spacial score (nSPS) is 5.40. The predicted molar refractivity (Wildman–Crippen MR) is 78.2 cm³/mol. The molecule has 0 heterocycles. The molecule has 0 aromatic rings. The molecule has 20 heteroatoms. The van der Waals surface area contributed by atoms with Crippen LogP contribution in [0.15, 0.2) is 0 Å². The molecule has 12 N–H and O–H groups in total. The van der Waals surface area contributed by atoms with Crippen molar-refractivity contribution in [1.29, 1.82) is 0 Å². The second-order valence-electron chi connectivity index (χ2n) is 1.39. The molecule has 0 amide bonds. The van der Waals surface area contributed by atoms with Crippen LogP contribution in [-0.4, -0.2) is 208 Å². The van der Waals surface area contributed by atoms with Gasteiger partial charge in [-0.1, -0.05) is 0 Å². The van der Waals surface area contributed by atoms with Crippen LogP contribution >= 0.6 is 0 Å². The zero-order valence-electron chi connectivity index (χ0n) is 7.68. The minimum atomic E-state index is -2.17. The molecule has 0 unspecified atom stereocenters. The summed E-state index contributed by atoms with van der Waals surface area (Å²) in [5, 5.41) is 86.0. The Bertz CT molecular complexity index is 70.4. The first kappa shape index (κ1) is 49.6. The second kappa shape index (κ2) is 43.4. The summed E-state index contributed by atoms with van der Waals surface area (Å²) < 4.78 is 0. The molecule has 0 aliphatic heterocycles. The molecule has 0 radical (unpaired) electrons. The van der Waals surface area contributed by atoms with Gasteiger partial charge in [-0.3, -0.25) is 0 Å². The van der Waals surface area contributed by atoms with Crippen LogP contribution in [0.3, 0.4) is 0 Å². The van der Waals surface area contributed by atoms with Crippen molar-refractivity contribution in [1.82, 2.24) is 0 Å². The Balaban J connectivity index is -0.0000000150. The first-order chi connectivity index (χ1) is 6.93. The molecule has 0 aliphatic rings. The third kappa shape index (κ3) is 658. The van der Waals surface area contributed by atoms with Crippen molar-refractivity contribution < 1.29 is 60.3 Å². The standard InChI is InChI=1S/4BH3O3.4Na.4H/c4*2-1(3)4;;;;;;;;/h4*2-4H;;;;;;;;. The molecule has 12 nitrogen and oxygen atoms in total. The van der Waals surface area contributed by atoms with Crippen molar-refractivity contribution in [2.75, 3.05) is 0 Å². The summed E-state index contributed by atoms with van der Waals surface area (Å²) >= 11 is 0. The summed E-state index contributed by atoms with van der Waals surface area (Å²) in [7, 11) is -8.67. The Morgan fingerprint density at radius 3 is 0.250 bits per heavy atom.